The first kappa shape index (κ1) is 19.6. The van der Waals surface area contributed by atoms with Gasteiger partial charge < -0.3 is 14.8 Å². The predicted molar refractivity (Wildman–Crippen MR) is 117 cm³/mol. The van der Waals surface area contributed by atoms with Crippen LogP contribution in [0.3, 0.4) is 0 Å². The van der Waals surface area contributed by atoms with Gasteiger partial charge in [-0.1, -0.05) is 12.1 Å². The van der Waals surface area contributed by atoms with Crippen LogP contribution in [-0.2, 0) is 0 Å². The number of fused-ring (bicyclic) bond motifs is 1. The summed E-state index contributed by atoms with van der Waals surface area (Å²) in [5, 5.41) is 17.3. The Morgan fingerprint density at radius 1 is 1.07 bits per heavy atom. The molecule has 0 atom stereocenters. The van der Waals surface area contributed by atoms with E-state index >= 15 is 0 Å². The van der Waals surface area contributed by atoms with Gasteiger partial charge in [-0.2, -0.15) is 0 Å². The van der Waals surface area contributed by atoms with E-state index in [4.69, 9.17) is 9.47 Å². The molecule has 0 unspecified atom stereocenters. The largest absolute Gasteiger partial charge is 0.493 e. The van der Waals surface area contributed by atoms with Crippen molar-refractivity contribution in [1.29, 1.82) is 0 Å². The Hall–Kier alpha value is -3.72. The van der Waals surface area contributed by atoms with Gasteiger partial charge in [0, 0.05) is 28.8 Å². The molecular weight excluding hydrogens is 404 g/mol. The molecule has 0 spiro atoms. The van der Waals surface area contributed by atoms with Crippen molar-refractivity contribution in [2.45, 2.75) is 6.92 Å². The number of non-ortho nitro benzene ring substituents is 1. The van der Waals surface area contributed by atoms with Crippen molar-refractivity contribution < 1.29 is 14.4 Å². The summed E-state index contributed by atoms with van der Waals surface area (Å²) in [5.41, 5.74) is 3.36. The number of nitro groups is 1. The lowest BCUT2D eigenvalue weighted by atomic mass is 10.1. The minimum Gasteiger partial charge on any atom is -0.493 e. The molecule has 0 bridgehead atoms. The third-order valence-corrected chi connectivity index (χ3v) is 5.64. The van der Waals surface area contributed by atoms with E-state index in [1.807, 2.05) is 30.5 Å². The number of methoxy groups -OCH3 is 2. The molecule has 2 aromatic carbocycles. The third-order valence-electron chi connectivity index (χ3n) is 4.75. The highest BCUT2D eigenvalue weighted by Gasteiger charge is 2.17. The second kappa shape index (κ2) is 7.96. The second-order valence-electron chi connectivity index (χ2n) is 6.50. The van der Waals surface area contributed by atoms with Crippen molar-refractivity contribution in [2.24, 2.45) is 0 Å². The van der Waals surface area contributed by atoms with Gasteiger partial charge >= 0.3 is 0 Å². The molecule has 0 saturated heterocycles. The molecule has 0 aliphatic heterocycles. The van der Waals surface area contributed by atoms with Crippen LogP contribution in [0.4, 0.5) is 17.2 Å². The highest BCUT2D eigenvalue weighted by Crippen LogP contribution is 2.40. The van der Waals surface area contributed by atoms with E-state index in [2.05, 4.69) is 15.3 Å². The number of nitrogens with zero attached hydrogens (tertiary/aromatic N) is 3. The lowest BCUT2D eigenvalue weighted by Gasteiger charge is -2.12. The van der Waals surface area contributed by atoms with Crippen molar-refractivity contribution in [3.8, 4) is 22.6 Å². The Labute approximate surface area is 176 Å². The second-order valence-corrected chi connectivity index (χ2v) is 7.36. The number of anilines is 2. The van der Waals surface area contributed by atoms with E-state index in [-0.39, 0.29) is 5.69 Å². The molecule has 9 heteroatoms. The zero-order chi connectivity index (χ0) is 21.3. The molecule has 0 saturated carbocycles. The molecule has 0 aliphatic carbocycles. The van der Waals surface area contributed by atoms with Crippen LogP contribution in [0.15, 0.2) is 48.1 Å². The molecule has 0 radical (unpaired) electrons. The average Bonchev–Trinajstić information content (AvgIpc) is 3.19. The highest BCUT2D eigenvalue weighted by atomic mass is 32.1. The Morgan fingerprint density at radius 3 is 2.60 bits per heavy atom. The molecular formula is C21H18N4O4S. The van der Waals surface area contributed by atoms with Crippen LogP contribution in [0.1, 0.15) is 5.56 Å². The van der Waals surface area contributed by atoms with E-state index in [0.29, 0.717) is 23.0 Å². The molecule has 30 heavy (non-hydrogen) atoms. The fourth-order valence-corrected chi connectivity index (χ4v) is 4.09. The number of ether oxygens (including phenoxy) is 2. The average molecular weight is 422 g/mol. The zero-order valence-corrected chi connectivity index (χ0v) is 17.3. The standard InChI is InChI=1S/C21H18N4O4S/c1-12-4-6-14(25(26)27)9-16(12)24-20-19-15(10-30-21(19)23-11-22-20)13-5-7-17(28-2)18(8-13)29-3/h4-11H,1-3H3,(H,22,23,24). The molecule has 4 aromatic rings. The number of benzene rings is 2. The number of aromatic nitrogens is 2. The number of hydrogen-bond donors (Lipinski definition) is 1. The lowest BCUT2D eigenvalue weighted by molar-refractivity contribution is -0.384. The van der Waals surface area contributed by atoms with Crippen LogP contribution in [0, 0.1) is 17.0 Å². The SMILES string of the molecule is COc1ccc(-c2csc3ncnc(Nc4cc([N+](=O)[O-])ccc4C)c23)cc1OC. The molecule has 0 fully saturated rings. The summed E-state index contributed by atoms with van der Waals surface area (Å²) in [4.78, 5) is 20.3. The van der Waals surface area contributed by atoms with Crippen LogP contribution >= 0.6 is 11.3 Å². The van der Waals surface area contributed by atoms with Gasteiger partial charge in [-0.3, -0.25) is 10.1 Å². The molecule has 0 amide bonds. The van der Waals surface area contributed by atoms with Crippen molar-refractivity contribution >= 4 is 38.7 Å². The van der Waals surface area contributed by atoms with E-state index in [9.17, 15) is 10.1 Å². The van der Waals surface area contributed by atoms with E-state index < -0.39 is 4.92 Å². The van der Waals surface area contributed by atoms with Crippen molar-refractivity contribution in [3.05, 3.63) is 63.8 Å². The lowest BCUT2D eigenvalue weighted by Crippen LogP contribution is -1.99. The van der Waals surface area contributed by atoms with Gasteiger partial charge in [-0.15, -0.1) is 11.3 Å². The summed E-state index contributed by atoms with van der Waals surface area (Å²) in [6, 6.07) is 10.4. The fraction of sp³-hybridized carbons (Fsp3) is 0.143. The van der Waals surface area contributed by atoms with Crippen LogP contribution < -0.4 is 14.8 Å². The van der Waals surface area contributed by atoms with E-state index in [1.54, 1.807) is 20.3 Å². The van der Waals surface area contributed by atoms with Gasteiger partial charge in [0.25, 0.3) is 5.69 Å². The summed E-state index contributed by atoms with van der Waals surface area (Å²) in [6.45, 7) is 1.88. The smallest absolute Gasteiger partial charge is 0.271 e. The predicted octanol–water partition coefficient (Wildman–Crippen LogP) is 5.34. The summed E-state index contributed by atoms with van der Waals surface area (Å²) >= 11 is 1.50. The minimum atomic E-state index is -0.417. The Morgan fingerprint density at radius 2 is 1.87 bits per heavy atom. The van der Waals surface area contributed by atoms with Gasteiger partial charge in [0.2, 0.25) is 0 Å². The van der Waals surface area contributed by atoms with Crippen LogP contribution in [0.5, 0.6) is 11.5 Å². The molecule has 2 aromatic heterocycles. The zero-order valence-electron chi connectivity index (χ0n) is 16.5. The van der Waals surface area contributed by atoms with Gasteiger partial charge in [0.05, 0.1) is 24.5 Å². The molecule has 0 aliphatic rings. The normalized spacial score (nSPS) is 10.8. The van der Waals surface area contributed by atoms with Crippen molar-refractivity contribution in [3.63, 3.8) is 0 Å². The number of nitrogens with one attached hydrogen (secondary N) is 1. The summed E-state index contributed by atoms with van der Waals surface area (Å²) in [7, 11) is 3.18. The van der Waals surface area contributed by atoms with Crippen molar-refractivity contribution in [2.75, 3.05) is 19.5 Å². The van der Waals surface area contributed by atoms with Gasteiger partial charge in [-0.25, -0.2) is 9.97 Å². The first-order chi connectivity index (χ1) is 14.5. The quantitative estimate of drug-likeness (QED) is 0.331. The van der Waals surface area contributed by atoms with Crippen LogP contribution in [0.2, 0.25) is 0 Å². The summed E-state index contributed by atoms with van der Waals surface area (Å²) in [5.74, 6) is 1.84. The van der Waals surface area contributed by atoms with E-state index in [1.165, 1.54) is 29.8 Å². The molecule has 2 heterocycles. The monoisotopic (exact) mass is 422 g/mol. The summed E-state index contributed by atoms with van der Waals surface area (Å²) < 4.78 is 10.8. The Balaban J connectivity index is 1.83. The van der Waals surface area contributed by atoms with Gasteiger partial charge in [-0.05, 0) is 30.2 Å². The van der Waals surface area contributed by atoms with Gasteiger partial charge in [0.15, 0.2) is 11.5 Å². The van der Waals surface area contributed by atoms with Gasteiger partial charge in [0.1, 0.15) is 17.0 Å². The van der Waals surface area contributed by atoms with Crippen molar-refractivity contribution in [1.82, 2.24) is 9.97 Å². The highest BCUT2D eigenvalue weighted by molar-refractivity contribution is 7.17. The number of aryl methyl sites for hydroxylation is 1. The molecule has 152 valence electrons. The fourth-order valence-electron chi connectivity index (χ4n) is 3.17. The maximum atomic E-state index is 11.2. The van der Waals surface area contributed by atoms with E-state index in [0.717, 1.165) is 26.9 Å². The Kier molecular flexibility index (Phi) is 5.20. The minimum absolute atomic E-state index is 0.0128. The third kappa shape index (κ3) is 3.50. The maximum Gasteiger partial charge on any atom is 0.271 e. The number of rotatable bonds is 6. The number of nitro benzene ring substituents is 1. The van der Waals surface area contributed by atoms with Crippen LogP contribution in [-0.4, -0.2) is 29.1 Å². The topological polar surface area (TPSA) is 99.4 Å². The Bertz CT molecular complexity index is 1260. The number of thiophene rings is 1. The first-order valence-electron chi connectivity index (χ1n) is 8.98. The molecule has 4 rings (SSSR count). The van der Waals surface area contributed by atoms with Crippen LogP contribution in [0.25, 0.3) is 21.3 Å². The summed E-state index contributed by atoms with van der Waals surface area (Å²) in [6.07, 6.45) is 1.48. The molecule has 1 N–H and O–H groups in total. The first-order valence-corrected chi connectivity index (χ1v) is 9.86. The number of hydrogen-bond acceptors (Lipinski definition) is 8. The molecule has 8 nitrogen and oxygen atoms in total. The maximum absolute atomic E-state index is 11.2.